The molecule has 1 aromatic carbocycles. The first-order valence-corrected chi connectivity index (χ1v) is 5.74. The van der Waals surface area contributed by atoms with Gasteiger partial charge in [-0.25, -0.2) is 4.68 Å². The molecule has 0 saturated carbocycles. The van der Waals surface area contributed by atoms with Crippen LogP contribution in [0.4, 0.5) is 0 Å². The van der Waals surface area contributed by atoms with E-state index in [9.17, 15) is 4.79 Å². The summed E-state index contributed by atoms with van der Waals surface area (Å²) in [6.07, 6.45) is 3.02. The molecule has 0 unspecified atom stereocenters. The highest BCUT2D eigenvalue weighted by Gasteiger charge is 2.06. The van der Waals surface area contributed by atoms with Crippen molar-refractivity contribution in [1.29, 1.82) is 0 Å². The van der Waals surface area contributed by atoms with Gasteiger partial charge in [0.2, 0.25) is 0 Å². The minimum absolute atomic E-state index is 0.374. The fourth-order valence-corrected chi connectivity index (χ4v) is 2.00. The van der Waals surface area contributed by atoms with Gasteiger partial charge in [-0.2, -0.15) is 5.10 Å². The molecule has 5 nitrogen and oxygen atoms in total. The Balaban J connectivity index is 2.44. The number of amides is 1. The van der Waals surface area contributed by atoms with Gasteiger partial charge in [0.1, 0.15) is 0 Å². The van der Waals surface area contributed by atoms with Crippen molar-refractivity contribution in [2.24, 2.45) is 11.5 Å². The van der Waals surface area contributed by atoms with E-state index in [0.29, 0.717) is 12.1 Å². The maximum absolute atomic E-state index is 11.0. The molecular formula is C11H11BrN4O. The van der Waals surface area contributed by atoms with Gasteiger partial charge in [-0.3, -0.25) is 4.79 Å². The molecule has 2 aromatic rings. The molecule has 0 aliphatic carbocycles. The third kappa shape index (κ3) is 2.54. The molecule has 0 radical (unpaired) electrons. The molecule has 4 N–H and O–H groups in total. The van der Waals surface area contributed by atoms with Crippen molar-refractivity contribution < 1.29 is 4.79 Å². The SMILES string of the molecule is NCc1cc(Br)cc(-n2cc(C(N)=O)cn2)c1. The highest BCUT2D eigenvalue weighted by atomic mass is 79.9. The molecule has 2 rings (SSSR count). The molecule has 0 spiro atoms. The Morgan fingerprint density at radius 3 is 2.76 bits per heavy atom. The average Bonchev–Trinajstić information content (AvgIpc) is 2.77. The first-order chi connectivity index (χ1) is 8.10. The second-order valence-corrected chi connectivity index (χ2v) is 4.48. The quantitative estimate of drug-likeness (QED) is 0.891. The van der Waals surface area contributed by atoms with Crippen LogP contribution >= 0.6 is 15.9 Å². The number of aromatic nitrogens is 2. The first-order valence-electron chi connectivity index (χ1n) is 4.94. The number of benzene rings is 1. The summed E-state index contributed by atoms with van der Waals surface area (Å²) in [6, 6.07) is 5.72. The molecule has 0 saturated heterocycles. The molecule has 6 heteroatoms. The maximum atomic E-state index is 11.0. The Morgan fingerprint density at radius 2 is 2.18 bits per heavy atom. The Morgan fingerprint density at radius 1 is 1.41 bits per heavy atom. The van der Waals surface area contributed by atoms with Gasteiger partial charge >= 0.3 is 0 Å². The van der Waals surface area contributed by atoms with Gasteiger partial charge in [0.25, 0.3) is 5.91 Å². The highest BCUT2D eigenvalue weighted by molar-refractivity contribution is 9.10. The number of hydrogen-bond donors (Lipinski definition) is 2. The second-order valence-electron chi connectivity index (χ2n) is 3.56. The molecule has 88 valence electrons. The molecular weight excluding hydrogens is 284 g/mol. The number of nitrogens with two attached hydrogens (primary N) is 2. The van der Waals surface area contributed by atoms with Crippen LogP contribution in [0.5, 0.6) is 0 Å². The summed E-state index contributed by atoms with van der Waals surface area (Å²) in [7, 11) is 0. The lowest BCUT2D eigenvalue weighted by molar-refractivity contribution is 0.100. The number of rotatable bonds is 3. The van der Waals surface area contributed by atoms with Crippen molar-refractivity contribution in [2.45, 2.75) is 6.54 Å². The largest absolute Gasteiger partial charge is 0.366 e. The summed E-state index contributed by atoms with van der Waals surface area (Å²) in [4.78, 5) is 11.0. The van der Waals surface area contributed by atoms with Gasteiger partial charge in [0.15, 0.2) is 0 Å². The van der Waals surface area contributed by atoms with E-state index in [1.54, 1.807) is 10.9 Å². The molecule has 1 aromatic heterocycles. The molecule has 0 fully saturated rings. The molecule has 0 atom stereocenters. The predicted octanol–water partition coefficient (Wildman–Crippen LogP) is 1.19. The number of carbonyl (C=O) groups excluding carboxylic acids is 1. The van der Waals surface area contributed by atoms with Gasteiger partial charge in [0, 0.05) is 17.2 Å². The van der Waals surface area contributed by atoms with Crippen LogP contribution in [-0.2, 0) is 6.54 Å². The fourth-order valence-electron chi connectivity index (χ4n) is 1.47. The van der Waals surface area contributed by atoms with E-state index in [1.807, 2.05) is 18.2 Å². The Bertz CT molecular complexity index is 564. The van der Waals surface area contributed by atoms with E-state index in [0.717, 1.165) is 15.7 Å². The van der Waals surface area contributed by atoms with Crippen molar-refractivity contribution in [3.63, 3.8) is 0 Å². The third-order valence-corrected chi connectivity index (χ3v) is 2.77. The van der Waals surface area contributed by atoms with Crippen molar-refractivity contribution >= 4 is 21.8 Å². The average molecular weight is 295 g/mol. The normalized spacial score (nSPS) is 10.5. The number of halogens is 1. The summed E-state index contributed by atoms with van der Waals surface area (Å²) in [6.45, 7) is 0.441. The van der Waals surface area contributed by atoms with Crippen molar-refractivity contribution in [2.75, 3.05) is 0 Å². The smallest absolute Gasteiger partial charge is 0.251 e. The Kier molecular flexibility index (Phi) is 3.26. The van der Waals surface area contributed by atoms with Crippen molar-refractivity contribution in [1.82, 2.24) is 9.78 Å². The van der Waals surface area contributed by atoms with Crippen LogP contribution in [0.15, 0.2) is 35.1 Å². The van der Waals surface area contributed by atoms with Crippen LogP contribution in [0, 0.1) is 0 Å². The minimum atomic E-state index is -0.495. The molecule has 17 heavy (non-hydrogen) atoms. The number of nitrogens with zero attached hydrogens (tertiary/aromatic N) is 2. The molecule has 0 aliphatic rings. The van der Waals surface area contributed by atoms with Crippen LogP contribution < -0.4 is 11.5 Å². The lowest BCUT2D eigenvalue weighted by Crippen LogP contribution is -2.09. The zero-order valence-electron chi connectivity index (χ0n) is 8.93. The van der Waals surface area contributed by atoms with Gasteiger partial charge in [-0.15, -0.1) is 0 Å². The monoisotopic (exact) mass is 294 g/mol. The maximum Gasteiger partial charge on any atom is 0.251 e. The van der Waals surface area contributed by atoms with Crippen LogP contribution in [0.2, 0.25) is 0 Å². The van der Waals surface area contributed by atoms with E-state index in [1.165, 1.54) is 6.20 Å². The lowest BCUT2D eigenvalue weighted by atomic mass is 10.2. The van der Waals surface area contributed by atoms with Crippen LogP contribution in [-0.4, -0.2) is 15.7 Å². The zero-order valence-corrected chi connectivity index (χ0v) is 10.5. The van der Waals surface area contributed by atoms with Crippen molar-refractivity contribution in [3.05, 3.63) is 46.2 Å². The number of primary amides is 1. The third-order valence-electron chi connectivity index (χ3n) is 2.31. The summed E-state index contributed by atoms with van der Waals surface area (Å²) in [5.41, 5.74) is 12.9. The van der Waals surface area contributed by atoms with Gasteiger partial charge in [0.05, 0.1) is 17.4 Å². The topological polar surface area (TPSA) is 86.9 Å². The van der Waals surface area contributed by atoms with E-state index in [-0.39, 0.29) is 0 Å². The highest BCUT2D eigenvalue weighted by Crippen LogP contribution is 2.18. The van der Waals surface area contributed by atoms with Crippen LogP contribution in [0.1, 0.15) is 15.9 Å². The van der Waals surface area contributed by atoms with Crippen LogP contribution in [0.25, 0.3) is 5.69 Å². The second kappa shape index (κ2) is 4.68. The number of carbonyl (C=O) groups is 1. The first kappa shape index (κ1) is 11.8. The van der Waals surface area contributed by atoms with E-state index < -0.39 is 5.91 Å². The predicted molar refractivity (Wildman–Crippen MR) is 67.7 cm³/mol. The van der Waals surface area contributed by atoms with Gasteiger partial charge < -0.3 is 11.5 Å². The molecule has 1 heterocycles. The van der Waals surface area contributed by atoms with Gasteiger partial charge in [-0.05, 0) is 23.8 Å². The van der Waals surface area contributed by atoms with Crippen molar-refractivity contribution in [3.8, 4) is 5.69 Å². The molecule has 1 amide bonds. The van der Waals surface area contributed by atoms with E-state index >= 15 is 0 Å². The minimum Gasteiger partial charge on any atom is -0.366 e. The fraction of sp³-hybridized carbons (Fsp3) is 0.0909. The van der Waals surface area contributed by atoms with Crippen LogP contribution in [0.3, 0.4) is 0 Å². The summed E-state index contributed by atoms with van der Waals surface area (Å²) in [5.74, 6) is -0.495. The molecule has 0 bridgehead atoms. The van der Waals surface area contributed by atoms with Gasteiger partial charge in [-0.1, -0.05) is 15.9 Å². The lowest BCUT2D eigenvalue weighted by Gasteiger charge is -2.05. The van der Waals surface area contributed by atoms with E-state index in [4.69, 9.17) is 11.5 Å². The number of hydrogen-bond acceptors (Lipinski definition) is 3. The zero-order chi connectivity index (χ0) is 12.4. The standard InChI is InChI=1S/C11H11BrN4O/c12-9-1-7(4-13)2-10(3-9)16-6-8(5-15-16)11(14)17/h1-3,5-6H,4,13H2,(H2,14,17). The van der Waals surface area contributed by atoms with E-state index in [2.05, 4.69) is 21.0 Å². The summed E-state index contributed by atoms with van der Waals surface area (Å²) < 4.78 is 2.50. The summed E-state index contributed by atoms with van der Waals surface area (Å²) in [5, 5.41) is 4.08. The summed E-state index contributed by atoms with van der Waals surface area (Å²) >= 11 is 3.40. The Labute approximate surface area is 107 Å². The molecule has 0 aliphatic heterocycles. The Hall–Kier alpha value is -1.66.